The van der Waals surface area contributed by atoms with E-state index >= 15 is 0 Å². The van der Waals surface area contributed by atoms with Crippen molar-refractivity contribution in [2.45, 2.75) is 57.0 Å². The van der Waals surface area contributed by atoms with Crippen LogP contribution in [0.1, 0.15) is 55.3 Å². The molecule has 1 unspecified atom stereocenters. The van der Waals surface area contributed by atoms with Crippen molar-refractivity contribution in [3.8, 4) is 11.3 Å². The minimum atomic E-state index is -0.723. The minimum Gasteiger partial charge on any atom is -0.348 e. The van der Waals surface area contributed by atoms with Crippen molar-refractivity contribution in [2.24, 2.45) is 7.05 Å². The Morgan fingerprint density at radius 2 is 1.93 bits per heavy atom. The molecule has 1 aliphatic carbocycles. The van der Waals surface area contributed by atoms with Crippen LogP contribution in [0.15, 0.2) is 24.4 Å². The predicted molar refractivity (Wildman–Crippen MR) is 107 cm³/mol. The number of aryl methyl sites for hydroxylation is 1. The third-order valence-corrected chi connectivity index (χ3v) is 6.14. The van der Waals surface area contributed by atoms with E-state index in [1.165, 1.54) is 48.9 Å². The highest BCUT2D eigenvalue weighted by atomic mass is 19.1. The number of hydrogen-bond donors (Lipinski definition) is 1. The van der Waals surface area contributed by atoms with Gasteiger partial charge >= 0.3 is 0 Å². The van der Waals surface area contributed by atoms with Crippen molar-refractivity contribution in [3.05, 3.63) is 41.6 Å². The normalized spacial score (nSPS) is 21.3. The maximum absolute atomic E-state index is 14.3. The average molecular weight is 402 g/mol. The Hall–Kier alpha value is -2.28. The smallest absolute Gasteiger partial charge is 0.255 e. The largest absolute Gasteiger partial charge is 0.348 e. The van der Waals surface area contributed by atoms with E-state index in [-0.39, 0.29) is 23.2 Å². The van der Waals surface area contributed by atoms with Crippen LogP contribution in [0.5, 0.6) is 0 Å². The van der Waals surface area contributed by atoms with Crippen LogP contribution in [-0.2, 0) is 7.05 Å². The van der Waals surface area contributed by atoms with Crippen molar-refractivity contribution in [1.82, 2.24) is 20.0 Å². The molecule has 1 aromatic carbocycles. The molecule has 2 fully saturated rings. The van der Waals surface area contributed by atoms with E-state index < -0.39 is 11.6 Å². The minimum absolute atomic E-state index is 0.0734. The van der Waals surface area contributed by atoms with E-state index in [1.54, 1.807) is 13.2 Å². The summed E-state index contributed by atoms with van der Waals surface area (Å²) in [6.45, 7) is 1.95. The zero-order valence-corrected chi connectivity index (χ0v) is 16.8. The monoisotopic (exact) mass is 402 g/mol. The Kier molecular flexibility index (Phi) is 5.94. The van der Waals surface area contributed by atoms with Gasteiger partial charge in [-0.25, -0.2) is 8.78 Å². The molecular formula is C22H28F2N4O. The number of carbonyl (C=O) groups excluding carboxylic acids is 1. The second-order valence-corrected chi connectivity index (χ2v) is 8.29. The number of rotatable bonds is 4. The molecule has 0 bridgehead atoms. The zero-order chi connectivity index (χ0) is 20.4. The van der Waals surface area contributed by atoms with Gasteiger partial charge in [0.05, 0.1) is 5.56 Å². The molecule has 5 nitrogen and oxygen atoms in total. The highest BCUT2D eigenvalue weighted by molar-refractivity contribution is 6.00. The quantitative estimate of drug-likeness (QED) is 0.844. The summed E-state index contributed by atoms with van der Waals surface area (Å²) in [5, 5.41) is 7.39. The summed E-state index contributed by atoms with van der Waals surface area (Å²) in [6.07, 6.45) is 10.0. The molecule has 2 aliphatic rings. The zero-order valence-electron chi connectivity index (χ0n) is 16.8. The molecule has 0 spiro atoms. The number of nitrogens with one attached hydrogen (secondary N) is 1. The number of amides is 1. The van der Waals surface area contributed by atoms with Crippen molar-refractivity contribution in [2.75, 3.05) is 13.1 Å². The second-order valence-electron chi connectivity index (χ2n) is 8.29. The molecule has 4 rings (SSSR count). The number of carbonyl (C=O) groups is 1. The van der Waals surface area contributed by atoms with Gasteiger partial charge in [0.15, 0.2) is 0 Å². The summed E-state index contributed by atoms with van der Waals surface area (Å²) in [4.78, 5) is 15.5. The molecule has 1 aromatic heterocycles. The Morgan fingerprint density at radius 1 is 1.14 bits per heavy atom. The Bertz CT molecular complexity index is 876. The van der Waals surface area contributed by atoms with E-state index in [9.17, 15) is 13.6 Å². The molecular weight excluding hydrogens is 374 g/mol. The fraction of sp³-hybridized carbons (Fsp3) is 0.545. The lowest BCUT2D eigenvalue weighted by molar-refractivity contribution is 0.0836. The molecule has 2 heterocycles. The first-order valence-electron chi connectivity index (χ1n) is 10.6. The number of nitrogens with zero attached hydrogens (tertiary/aromatic N) is 3. The van der Waals surface area contributed by atoms with Gasteiger partial charge in [0.1, 0.15) is 17.3 Å². The Morgan fingerprint density at radius 3 is 2.69 bits per heavy atom. The van der Waals surface area contributed by atoms with E-state index in [0.717, 1.165) is 32.0 Å². The molecule has 1 saturated heterocycles. The lowest BCUT2D eigenvalue weighted by atomic mass is 9.92. The highest BCUT2D eigenvalue weighted by Crippen LogP contribution is 2.27. The number of aromatic nitrogens is 2. The van der Waals surface area contributed by atoms with Crippen LogP contribution in [0.4, 0.5) is 8.78 Å². The molecule has 0 radical (unpaired) electrons. The molecule has 1 atom stereocenters. The van der Waals surface area contributed by atoms with Crippen LogP contribution < -0.4 is 5.32 Å². The third kappa shape index (κ3) is 4.50. The van der Waals surface area contributed by atoms with E-state index in [1.807, 2.05) is 0 Å². The Labute approximate surface area is 170 Å². The van der Waals surface area contributed by atoms with E-state index in [4.69, 9.17) is 0 Å². The standard InChI is InChI=1S/C22H28F2N4O/c1-27-14-19(21(26-27)18-10-9-15(23)12-20(18)24)22(29)25-16-6-5-11-28(13-16)17-7-3-2-4-8-17/h9-10,12,14,16-17H,2-8,11,13H2,1H3,(H,25,29). The fourth-order valence-corrected chi connectivity index (χ4v) is 4.70. The number of likely N-dealkylation sites (tertiary alicyclic amines) is 1. The fourth-order valence-electron chi connectivity index (χ4n) is 4.70. The van der Waals surface area contributed by atoms with Crippen molar-refractivity contribution in [1.29, 1.82) is 0 Å². The summed E-state index contributed by atoms with van der Waals surface area (Å²) in [7, 11) is 1.69. The second kappa shape index (κ2) is 8.61. The summed E-state index contributed by atoms with van der Waals surface area (Å²) >= 11 is 0. The van der Waals surface area contributed by atoms with Crippen LogP contribution in [0.3, 0.4) is 0 Å². The summed E-state index contributed by atoms with van der Waals surface area (Å²) in [6, 6.07) is 4.03. The van der Waals surface area contributed by atoms with Gasteiger partial charge in [0, 0.05) is 43.5 Å². The van der Waals surface area contributed by atoms with Crippen LogP contribution in [0.25, 0.3) is 11.3 Å². The van der Waals surface area contributed by atoms with Gasteiger partial charge in [-0.2, -0.15) is 5.10 Å². The SMILES string of the molecule is Cn1cc(C(=O)NC2CCCN(C3CCCCC3)C2)c(-c2ccc(F)cc2F)n1. The number of benzene rings is 1. The highest BCUT2D eigenvalue weighted by Gasteiger charge is 2.29. The van der Waals surface area contributed by atoms with E-state index in [0.29, 0.717) is 11.6 Å². The molecule has 1 aliphatic heterocycles. The topological polar surface area (TPSA) is 50.2 Å². The van der Waals surface area contributed by atoms with Gasteiger partial charge in [-0.3, -0.25) is 14.4 Å². The maximum atomic E-state index is 14.3. The first kappa shape index (κ1) is 20.0. The first-order chi connectivity index (χ1) is 14.0. The van der Waals surface area contributed by atoms with E-state index in [2.05, 4.69) is 15.3 Å². The first-order valence-corrected chi connectivity index (χ1v) is 10.6. The Balaban J connectivity index is 1.48. The van der Waals surface area contributed by atoms with Gasteiger partial charge in [0.25, 0.3) is 5.91 Å². The molecule has 2 aromatic rings. The average Bonchev–Trinajstić information content (AvgIpc) is 3.10. The number of piperidine rings is 1. The van der Waals surface area contributed by atoms with Crippen molar-refractivity contribution < 1.29 is 13.6 Å². The van der Waals surface area contributed by atoms with Gasteiger partial charge in [-0.05, 0) is 44.4 Å². The molecule has 156 valence electrons. The van der Waals surface area contributed by atoms with Crippen LogP contribution >= 0.6 is 0 Å². The van der Waals surface area contributed by atoms with Crippen LogP contribution in [0.2, 0.25) is 0 Å². The maximum Gasteiger partial charge on any atom is 0.255 e. The predicted octanol–water partition coefficient (Wildman–Crippen LogP) is 3.89. The number of hydrogen-bond acceptors (Lipinski definition) is 3. The molecule has 1 N–H and O–H groups in total. The molecule has 29 heavy (non-hydrogen) atoms. The summed E-state index contributed by atoms with van der Waals surface area (Å²) in [5.41, 5.74) is 0.680. The van der Waals surface area contributed by atoms with Crippen molar-refractivity contribution in [3.63, 3.8) is 0 Å². The van der Waals surface area contributed by atoms with Crippen LogP contribution in [-0.4, -0.2) is 45.8 Å². The van der Waals surface area contributed by atoms with Crippen LogP contribution in [0, 0.1) is 11.6 Å². The summed E-state index contributed by atoms with van der Waals surface area (Å²) < 4.78 is 29.0. The van der Waals surface area contributed by atoms with Gasteiger partial charge in [-0.1, -0.05) is 19.3 Å². The van der Waals surface area contributed by atoms with Gasteiger partial charge in [0.2, 0.25) is 0 Å². The third-order valence-electron chi connectivity index (χ3n) is 6.14. The number of halogens is 2. The lowest BCUT2D eigenvalue weighted by Gasteiger charge is -2.40. The molecule has 1 saturated carbocycles. The molecule has 7 heteroatoms. The lowest BCUT2D eigenvalue weighted by Crippen LogP contribution is -2.51. The van der Waals surface area contributed by atoms with Gasteiger partial charge in [-0.15, -0.1) is 0 Å². The summed E-state index contributed by atoms with van der Waals surface area (Å²) in [5.74, 6) is -1.63. The van der Waals surface area contributed by atoms with Crippen molar-refractivity contribution >= 4 is 5.91 Å². The molecule has 1 amide bonds. The van der Waals surface area contributed by atoms with Gasteiger partial charge < -0.3 is 5.32 Å².